The van der Waals surface area contributed by atoms with E-state index >= 15 is 0 Å². The number of methoxy groups -OCH3 is 4. The number of esters is 1. The lowest BCUT2D eigenvalue weighted by molar-refractivity contribution is -0.313. The lowest BCUT2D eigenvalue weighted by atomic mass is 9.43. The Balaban J connectivity index is 1.46. The third-order valence-electron chi connectivity index (χ3n) is 12.5. The number of fused-ring (bicyclic) bond motifs is 2. The van der Waals surface area contributed by atoms with E-state index in [1.165, 1.54) is 7.11 Å². The molecule has 1 heterocycles. The number of rotatable bonds is 7. The zero-order valence-corrected chi connectivity index (χ0v) is 24.4. The molecule has 14 atom stereocenters. The van der Waals surface area contributed by atoms with Crippen LogP contribution in [0.15, 0.2) is 30.3 Å². The van der Waals surface area contributed by atoms with Crippen molar-refractivity contribution in [3.63, 3.8) is 0 Å². The van der Waals surface area contributed by atoms with Gasteiger partial charge in [-0.3, -0.25) is 0 Å². The Morgan fingerprint density at radius 3 is 2.39 bits per heavy atom. The standard InChI is InChI=1S/C31H43NO9/c1-32-14-28(15-37-2)12-11-18(38-3)30-17-13-29(35)25(41-27(34)16-9-7-6-8-10-16)19(17)31(36,24(33)26(29)40-5)20(23(30)32)21(39-4)22(28)30/h6-10,17-26,33,35-36H,11-15H2,1-5H3/t17-,18+,19-,20+,21+,22-,23+,24+,25+,26-,28-,29-,30+,31+/m1/s1. The molecule has 1 aliphatic heterocycles. The summed E-state index contributed by atoms with van der Waals surface area (Å²) in [6, 6.07) is 8.46. The second-order valence-corrected chi connectivity index (χ2v) is 13.6. The van der Waals surface area contributed by atoms with Crippen LogP contribution in [0.4, 0.5) is 0 Å². The molecule has 10 nitrogen and oxygen atoms in total. The van der Waals surface area contributed by atoms with Gasteiger partial charge in [-0.05, 0) is 44.4 Å². The van der Waals surface area contributed by atoms with Crippen LogP contribution < -0.4 is 0 Å². The first kappa shape index (κ1) is 28.2. The SMILES string of the molecule is COC[C@]12CC[C@H](OC)[C@@]34[C@@H]5C[C@]6(O)[C@H](OC)[C@H](O)[C@](O)([C@H]5[C@@H]6OC(=O)c5ccccc5)[C@@H]([C@H](OC)[C@H]13)[C@@H]4N(C)C2. The predicted octanol–water partition coefficient (Wildman–Crippen LogP) is 0.716. The smallest absolute Gasteiger partial charge is 0.338 e. The molecule has 10 heteroatoms. The highest BCUT2D eigenvalue weighted by Crippen LogP contribution is 2.80. The molecule has 226 valence electrons. The van der Waals surface area contributed by atoms with Gasteiger partial charge in [0.05, 0.1) is 24.4 Å². The number of likely N-dealkylation sites (tertiary alicyclic amines) is 1. The molecule has 1 aromatic rings. The van der Waals surface area contributed by atoms with E-state index in [1.54, 1.807) is 45.6 Å². The van der Waals surface area contributed by atoms with E-state index in [1.807, 2.05) is 6.07 Å². The molecule has 0 aromatic heterocycles. The number of piperidine rings is 1. The number of hydrogen-bond donors (Lipinski definition) is 3. The van der Waals surface area contributed by atoms with Gasteiger partial charge in [0.25, 0.3) is 0 Å². The number of ether oxygens (including phenoxy) is 5. The molecule has 5 aliphatic carbocycles. The first-order valence-corrected chi connectivity index (χ1v) is 14.8. The summed E-state index contributed by atoms with van der Waals surface area (Å²) in [7, 11) is 8.65. The number of carbonyl (C=O) groups excluding carboxylic acids is 1. The van der Waals surface area contributed by atoms with Crippen molar-refractivity contribution in [2.75, 3.05) is 48.6 Å². The molecule has 5 saturated carbocycles. The van der Waals surface area contributed by atoms with Gasteiger partial charge in [-0.1, -0.05) is 18.2 Å². The molecule has 1 saturated heterocycles. The minimum atomic E-state index is -1.76. The van der Waals surface area contributed by atoms with Crippen molar-refractivity contribution in [3.05, 3.63) is 35.9 Å². The van der Waals surface area contributed by atoms with Crippen LogP contribution in [0.1, 0.15) is 29.6 Å². The first-order chi connectivity index (χ1) is 19.6. The fourth-order valence-electron chi connectivity index (χ4n) is 11.8. The van der Waals surface area contributed by atoms with Gasteiger partial charge in [-0.2, -0.15) is 0 Å². The summed E-state index contributed by atoms with van der Waals surface area (Å²) in [5, 5.41) is 37.6. The Kier molecular flexibility index (Phi) is 6.31. The summed E-state index contributed by atoms with van der Waals surface area (Å²) in [4.78, 5) is 15.8. The van der Waals surface area contributed by atoms with Gasteiger partial charge >= 0.3 is 5.97 Å². The van der Waals surface area contributed by atoms with Gasteiger partial charge in [0.1, 0.15) is 29.5 Å². The average molecular weight is 574 g/mol. The van der Waals surface area contributed by atoms with E-state index in [0.717, 1.165) is 19.4 Å². The normalized spacial score (nSPS) is 52.9. The first-order valence-electron chi connectivity index (χ1n) is 14.8. The van der Waals surface area contributed by atoms with Crippen molar-refractivity contribution in [3.8, 4) is 0 Å². The molecular formula is C31H43NO9. The van der Waals surface area contributed by atoms with E-state index in [9.17, 15) is 20.1 Å². The number of carbonyl (C=O) groups is 1. The second kappa shape index (κ2) is 9.19. The molecule has 0 unspecified atom stereocenters. The summed E-state index contributed by atoms with van der Waals surface area (Å²) in [5.74, 6) is -2.30. The fraction of sp³-hybridized carbons (Fsp3) is 0.774. The maximum absolute atomic E-state index is 13.5. The second-order valence-electron chi connectivity index (χ2n) is 13.6. The van der Waals surface area contributed by atoms with E-state index in [4.69, 9.17) is 23.7 Å². The minimum Gasteiger partial charge on any atom is -0.455 e. The molecule has 7 bridgehead atoms. The van der Waals surface area contributed by atoms with Crippen molar-refractivity contribution in [2.45, 2.75) is 67.0 Å². The Morgan fingerprint density at radius 2 is 1.76 bits per heavy atom. The zero-order valence-electron chi connectivity index (χ0n) is 24.4. The minimum absolute atomic E-state index is 0.0644. The van der Waals surface area contributed by atoms with Crippen LogP contribution in [-0.2, 0) is 23.7 Å². The maximum Gasteiger partial charge on any atom is 0.338 e. The molecule has 1 spiro atoms. The topological polar surface area (TPSA) is 127 Å². The molecule has 6 fully saturated rings. The van der Waals surface area contributed by atoms with E-state index in [-0.39, 0.29) is 35.8 Å². The third-order valence-corrected chi connectivity index (χ3v) is 12.5. The lowest BCUT2D eigenvalue weighted by Crippen LogP contribution is -2.79. The van der Waals surface area contributed by atoms with Crippen molar-refractivity contribution < 1.29 is 43.8 Å². The van der Waals surface area contributed by atoms with Crippen molar-refractivity contribution >= 4 is 5.97 Å². The van der Waals surface area contributed by atoms with Crippen LogP contribution in [0.3, 0.4) is 0 Å². The van der Waals surface area contributed by atoms with Crippen LogP contribution in [-0.4, -0.2) is 123 Å². The highest BCUT2D eigenvalue weighted by molar-refractivity contribution is 5.89. The van der Waals surface area contributed by atoms with Crippen LogP contribution in [0, 0.1) is 34.5 Å². The lowest BCUT2D eigenvalue weighted by Gasteiger charge is -2.69. The Hall–Kier alpha value is -1.63. The van der Waals surface area contributed by atoms with Crippen molar-refractivity contribution in [1.29, 1.82) is 0 Å². The van der Waals surface area contributed by atoms with Gasteiger partial charge < -0.3 is 43.9 Å². The fourth-order valence-corrected chi connectivity index (χ4v) is 11.8. The summed E-state index contributed by atoms with van der Waals surface area (Å²) in [5.41, 5.74) is -3.95. The van der Waals surface area contributed by atoms with Gasteiger partial charge in [0, 0.05) is 69.6 Å². The van der Waals surface area contributed by atoms with Crippen LogP contribution in [0.2, 0.25) is 0 Å². The third kappa shape index (κ3) is 3.08. The quantitative estimate of drug-likeness (QED) is 0.402. The highest BCUT2D eigenvalue weighted by Gasteiger charge is 2.90. The van der Waals surface area contributed by atoms with E-state index in [0.29, 0.717) is 12.2 Å². The maximum atomic E-state index is 13.5. The van der Waals surface area contributed by atoms with Crippen molar-refractivity contribution in [1.82, 2.24) is 4.90 Å². The van der Waals surface area contributed by atoms with Crippen LogP contribution >= 0.6 is 0 Å². The van der Waals surface area contributed by atoms with Crippen LogP contribution in [0.25, 0.3) is 0 Å². The van der Waals surface area contributed by atoms with Crippen LogP contribution in [0.5, 0.6) is 0 Å². The summed E-state index contributed by atoms with van der Waals surface area (Å²) in [6.45, 7) is 1.29. The molecule has 6 aliphatic rings. The molecule has 3 N–H and O–H groups in total. The molecule has 1 aromatic carbocycles. The molecule has 7 rings (SSSR count). The number of benzene rings is 1. The predicted molar refractivity (Wildman–Crippen MR) is 145 cm³/mol. The van der Waals surface area contributed by atoms with E-state index < -0.39 is 58.8 Å². The number of hydrogen-bond acceptors (Lipinski definition) is 10. The summed E-state index contributed by atoms with van der Waals surface area (Å²) >= 11 is 0. The Morgan fingerprint density at radius 1 is 1.02 bits per heavy atom. The van der Waals surface area contributed by atoms with Gasteiger partial charge in [0.15, 0.2) is 0 Å². The van der Waals surface area contributed by atoms with Gasteiger partial charge in [-0.25, -0.2) is 4.79 Å². The number of aliphatic hydroxyl groups is 3. The Bertz CT molecular complexity index is 1200. The molecule has 0 amide bonds. The Labute approximate surface area is 240 Å². The van der Waals surface area contributed by atoms with Gasteiger partial charge in [0.2, 0.25) is 0 Å². The number of nitrogens with zero attached hydrogens (tertiary/aromatic N) is 1. The van der Waals surface area contributed by atoms with E-state index in [2.05, 4.69) is 11.9 Å². The monoisotopic (exact) mass is 573 g/mol. The molecular weight excluding hydrogens is 530 g/mol. The number of aliphatic hydroxyl groups excluding tert-OH is 1. The average Bonchev–Trinajstić information content (AvgIpc) is 3.36. The van der Waals surface area contributed by atoms with Crippen molar-refractivity contribution in [2.24, 2.45) is 34.5 Å². The highest BCUT2D eigenvalue weighted by atomic mass is 16.6. The molecule has 0 radical (unpaired) electrons. The summed E-state index contributed by atoms with van der Waals surface area (Å²) < 4.78 is 30.6. The largest absolute Gasteiger partial charge is 0.455 e. The van der Waals surface area contributed by atoms with Gasteiger partial charge in [-0.15, -0.1) is 0 Å². The molecule has 41 heavy (non-hydrogen) atoms. The zero-order chi connectivity index (χ0) is 29.1. The summed E-state index contributed by atoms with van der Waals surface area (Å²) in [6.07, 6.45) is -2.45.